The van der Waals surface area contributed by atoms with Gasteiger partial charge in [0.1, 0.15) is 0 Å². The summed E-state index contributed by atoms with van der Waals surface area (Å²) in [5.74, 6) is 0.389. The number of nitrogens with zero attached hydrogens (tertiary/aromatic N) is 1. The molecule has 0 saturated carbocycles. The van der Waals surface area contributed by atoms with Gasteiger partial charge in [-0.15, -0.1) is 0 Å². The first kappa shape index (κ1) is 17.1. The monoisotopic (exact) mass is 346 g/mol. The van der Waals surface area contributed by atoms with Crippen LogP contribution in [-0.2, 0) is 10.2 Å². The average Bonchev–Trinajstić information content (AvgIpc) is 2.66. The van der Waals surface area contributed by atoms with Crippen LogP contribution in [0.15, 0.2) is 42.5 Å². The molecular formula is C23H26N2O. The third kappa shape index (κ3) is 2.99. The maximum Gasteiger partial charge on any atom is 0.0991 e. The molecule has 2 aromatic carbocycles. The number of anilines is 1. The second kappa shape index (κ2) is 6.45. The molecule has 0 radical (unpaired) electrons. The minimum Gasteiger partial charge on any atom is -0.378 e. The fourth-order valence-electron chi connectivity index (χ4n) is 4.27. The van der Waals surface area contributed by atoms with E-state index < -0.39 is 0 Å². The summed E-state index contributed by atoms with van der Waals surface area (Å²) in [7, 11) is 0. The normalized spacial score (nSPS) is 24.8. The summed E-state index contributed by atoms with van der Waals surface area (Å²) in [4.78, 5) is 0. The number of nitriles is 1. The lowest BCUT2D eigenvalue weighted by molar-refractivity contribution is -0.0382. The van der Waals surface area contributed by atoms with E-state index in [1.807, 2.05) is 18.2 Å². The van der Waals surface area contributed by atoms with E-state index in [0.717, 1.165) is 25.1 Å². The molecule has 26 heavy (non-hydrogen) atoms. The maximum atomic E-state index is 9.26. The first-order chi connectivity index (χ1) is 12.5. The molecule has 3 heteroatoms. The van der Waals surface area contributed by atoms with Crippen LogP contribution in [0.1, 0.15) is 68.0 Å². The zero-order valence-electron chi connectivity index (χ0n) is 15.8. The first-order valence-corrected chi connectivity index (χ1v) is 9.50. The van der Waals surface area contributed by atoms with E-state index >= 15 is 0 Å². The summed E-state index contributed by atoms with van der Waals surface area (Å²) in [5.41, 5.74) is 5.80. The SMILES string of the molecule is CC(C)(C)c1ccc2c(c1)C1OCCCC1C(c1cccc(C#N)c1)N2. The van der Waals surface area contributed by atoms with Gasteiger partial charge in [0, 0.05) is 23.8 Å². The molecule has 3 atom stereocenters. The van der Waals surface area contributed by atoms with E-state index in [9.17, 15) is 5.26 Å². The maximum absolute atomic E-state index is 9.26. The Balaban J connectivity index is 1.78. The molecule has 0 amide bonds. The minimum absolute atomic E-state index is 0.122. The Morgan fingerprint density at radius 2 is 2.00 bits per heavy atom. The molecule has 134 valence electrons. The van der Waals surface area contributed by atoms with Gasteiger partial charge in [0.25, 0.3) is 0 Å². The van der Waals surface area contributed by atoms with Crippen LogP contribution in [0.4, 0.5) is 5.69 Å². The number of ether oxygens (including phenoxy) is 1. The van der Waals surface area contributed by atoms with Crippen LogP contribution in [0.25, 0.3) is 0 Å². The number of fused-ring (bicyclic) bond motifs is 3. The van der Waals surface area contributed by atoms with Crippen molar-refractivity contribution in [1.29, 1.82) is 5.26 Å². The summed E-state index contributed by atoms with van der Waals surface area (Å²) in [6.45, 7) is 7.58. The van der Waals surface area contributed by atoms with Crippen LogP contribution in [0.2, 0.25) is 0 Å². The van der Waals surface area contributed by atoms with Gasteiger partial charge < -0.3 is 10.1 Å². The third-order valence-corrected chi connectivity index (χ3v) is 5.71. The van der Waals surface area contributed by atoms with Gasteiger partial charge in [-0.1, -0.05) is 45.0 Å². The second-order valence-electron chi connectivity index (χ2n) is 8.51. The van der Waals surface area contributed by atoms with Crippen molar-refractivity contribution in [3.63, 3.8) is 0 Å². The van der Waals surface area contributed by atoms with Crippen molar-refractivity contribution in [2.75, 3.05) is 11.9 Å². The highest BCUT2D eigenvalue weighted by molar-refractivity contribution is 5.59. The smallest absolute Gasteiger partial charge is 0.0991 e. The van der Waals surface area contributed by atoms with E-state index in [4.69, 9.17) is 4.74 Å². The predicted octanol–water partition coefficient (Wildman–Crippen LogP) is 5.49. The molecule has 2 heterocycles. The van der Waals surface area contributed by atoms with Gasteiger partial charge in [0.15, 0.2) is 0 Å². The van der Waals surface area contributed by atoms with Crippen molar-refractivity contribution in [3.05, 3.63) is 64.7 Å². The zero-order valence-corrected chi connectivity index (χ0v) is 15.8. The number of rotatable bonds is 1. The van der Waals surface area contributed by atoms with Crippen molar-refractivity contribution in [2.24, 2.45) is 5.92 Å². The molecule has 2 aliphatic heterocycles. The Morgan fingerprint density at radius 3 is 2.77 bits per heavy atom. The Labute approximate surface area is 156 Å². The molecule has 1 N–H and O–H groups in total. The second-order valence-corrected chi connectivity index (χ2v) is 8.51. The number of hydrogen-bond donors (Lipinski definition) is 1. The summed E-state index contributed by atoms with van der Waals surface area (Å²) >= 11 is 0. The molecule has 2 aromatic rings. The van der Waals surface area contributed by atoms with E-state index in [2.05, 4.69) is 56.4 Å². The summed E-state index contributed by atoms with van der Waals surface area (Å²) in [5, 5.41) is 13.0. The van der Waals surface area contributed by atoms with Crippen molar-refractivity contribution in [2.45, 2.75) is 51.2 Å². The van der Waals surface area contributed by atoms with Crippen LogP contribution >= 0.6 is 0 Å². The van der Waals surface area contributed by atoms with Crippen LogP contribution in [0, 0.1) is 17.2 Å². The Bertz CT molecular complexity index is 859. The molecule has 0 bridgehead atoms. The highest BCUT2D eigenvalue weighted by Crippen LogP contribution is 2.49. The van der Waals surface area contributed by atoms with Gasteiger partial charge in [0.05, 0.1) is 23.8 Å². The van der Waals surface area contributed by atoms with E-state index in [-0.39, 0.29) is 17.6 Å². The van der Waals surface area contributed by atoms with Crippen molar-refractivity contribution >= 4 is 5.69 Å². The topological polar surface area (TPSA) is 45.0 Å². The van der Waals surface area contributed by atoms with E-state index in [1.54, 1.807) is 0 Å². The third-order valence-electron chi connectivity index (χ3n) is 5.71. The predicted molar refractivity (Wildman–Crippen MR) is 104 cm³/mol. The standard InChI is InChI=1S/C23H26N2O/c1-23(2,3)17-9-10-20-19(13-17)22-18(8-5-11-26-22)21(25-20)16-7-4-6-15(12-16)14-24/h4,6-7,9-10,12-13,18,21-22,25H,5,8,11H2,1-3H3. The van der Waals surface area contributed by atoms with Gasteiger partial charge in [-0.3, -0.25) is 0 Å². The number of benzene rings is 2. The molecule has 0 aromatic heterocycles. The van der Waals surface area contributed by atoms with Crippen molar-refractivity contribution in [1.82, 2.24) is 0 Å². The lowest BCUT2D eigenvalue weighted by atomic mass is 9.75. The molecule has 3 unspecified atom stereocenters. The highest BCUT2D eigenvalue weighted by Gasteiger charge is 2.40. The summed E-state index contributed by atoms with van der Waals surface area (Å²) < 4.78 is 6.28. The average molecular weight is 346 g/mol. The van der Waals surface area contributed by atoms with E-state index in [0.29, 0.717) is 11.5 Å². The molecule has 1 saturated heterocycles. The highest BCUT2D eigenvalue weighted by atomic mass is 16.5. The quantitative estimate of drug-likeness (QED) is 0.742. The molecule has 4 rings (SSSR count). The molecule has 2 aliphatic rings. The van der Waals surface area contributed by atoms with Crippen LogP contribution in [0.3, 0.4) is 0 Å². The van der Waals surface area contributed by atoms with Gasteiger partial charge in [-0.2, -0.15) is 5.26 Å². The van der Waals surface area contributed by atoms with Gasteiger partial charge in [-0.25, -0.2) is 0 Å². The van der Waals surface area contributed by atoms with E-state index in [1.165, 1.54) is 16.7 Å². The fraction of sp³-hybridized carbons (Fsp3) is 0.435. The van der Waals surface area contributed by atoms with Gasteiger partial charge in [0.2, 0.25) is 0 Å². The Kier molecular flexibility index (Phi) is 4.25. The molecule has 0 spiro atoms. The lowest BCUT2D eigenvalue weighted by Gasteiger charge is -2.44. The molecule has 3 nitrogen and oxygen atoms in total. The number of nitrogens with one attached hydrogen (secondary N) is 1. The summed E-state index contributed by atoms with van der Waals surface area (Å²) in [6, 6.07) is 17.2. The zero-order chi connectivity index (χ0) is 18.3. The van der Waals surface area contributed by atoms with Crippen molar-refractivity contribution < 1.29 is 4.74 Å². The molecule has 1 fully saturated rings. The first-order valence-electron chi connectivity index (χ1n) is 9.50. The van der Waals surface area contributed by atoms with Crippen LogP contribution in [0.5, 0.6) is 0 Å². The molecular weight excluding hydrogens is 320 g/mol. The van der Waals surface area contributed by atoms with Crippen molar-refractivity contribution in [3.8, 4) is 6.07 Å². The lowest BCUT2D eigenvalue weighted by Crippen LogP contribution is -2.36. The van der Waals surface area contributed by atoms with Gasteiger partial charge >= 0.3 is 0 Å². The van der Waals surface area contributed by atoms with Crippen LogP contribution in [-0.4, -0.2) is 6.61 Å². The number of hydrogen-bond acceptors (Lipinski definition) is 3. The van der Waals surface area contributed by atoms with Crippen LogP contribution < -0.4 is 5.32 Å². The molecule has 0 aliphatic carbocycles. The van der Waals surface area contributed by atoms with Gasteiger partial charge in [-0.05, 0) is 47.6 Å². The largest absolute Gasteiger partial charge is 0.378 e. The summed E-state index contributed by atoms with van der Waals surface area (Å²) in [6.07, 6.45) is 2.35. The fourth-order valence-corrected chi connectivity index (χ4v) is 4.27. The Morgan fingerprint density at radius 1 is 1.15 bits per heavy atom. The minimum atomic E-state index is 0.122. The Hall–Kier alpha value is -2.31.